The van der Waals surface area contributed by atoms with Gasteiger partial charge in [-0.05, 0) is 50.6 Å². The van der Waals surface area contributed by atoms with Gasteiger partial charge in [0.05, 0.1) is 34.5 Å². The summed E-state index contributed by atoms with van der Waals surface area (Å²) in [5.41, 5.74) is 7.67. The van der Waals surface area contributed by atoms with Crippen LogP contribution in [0.25, 0.3) is 0 Å². The van der Waals surface area contributed by atoms with Gasteiger partial charge in [0.1, 0.15) is 5.84 Å². The second kappa shape index (κ2) is 8.64. The number of halogens is 1. The molecular weight excluding hydrogens is 418 g/mol. The molecule has 0 spiro atoms. The molecule has 0 aliphatic carbocycles. The Morgan fingerprint density at radius 2 is 2.03 bits per heavy atom. The molecule has 2 aliphatic heterocycles. The van der Waals surface area contributed by atoms with Crippen LogP contribution in [0.2, 0.25) is 5.02 Å². The lowest BCUT2D eigenvalue weighted by Crippen LogP contribution is -2.39. The van der Waals surface area contributed by atoms with E-state index in [1.165, 1.54) is 18.2 Å². The van der Waals surface area contributed by atoms with E-state index in [1.807, 2.05) is 0 Å². The molecule has 9 heteroatoms. The number of methoxy groups -OCH3 is 1. The van der Waals surface area contributed by atoms with Gasteiger partial charge in [-0.25, -0.2) is 9.98 Å². The zero-order chi connectivity index (χ0) is 22.1. The third-order valence-electron chi connectivity index (χ3n) is 5.82. The number of aliphatic imine (C=N–C) groups is 1. The third kappa shape index (κ3) is 4.00. The van der Waals surface area contributed by atoms with Gasteiger partial charge in [-0.3, -0.25) is 19.4 Å². The lowest BCUT2D eigenvalue weighted by Gasteiger charge is -2.23. The molecule has 2 aliphatic rings. The minimum absolute atomic E-state index is 0.103. The van der Waals surface area contributed by atoms with E-state index in [0.29, 0.717) is 46.5 Å². The fourth-order valence-corrected chi connectivity index (χ4v) is 4.34. The molecule has 1 aromatic carbocycles. The molecule has 2 N–H and O–H groups in total. The smallest absolute Gasteiger partial charge is 0.261 e. The quantitative estimate of drug-likeness (QED) is 0.420. The average Bonchev–Trinajstić information content (AvgIpc) is 3.26. The Morgan fingerprint density at radius 1 is 1.26 bits per heavy atom. The fraction of sp³-hybridized carbons (Fsp3) is 0.364. The standard InChI is InChI=1S/C22H24ClN5O3/c1-13-4-3-9-27(13)10-11-28-21(29)15-6-5-14(12-16(15)22(28)30)26-19(24)18-17(23)7-8-25-20(18)31-2/h5-8,12-13H,3-4,9-11H2,1-2H3,(H2,24,26)/t13-/m1/s1. The van der Waals surface area contributed by atoms with Crippen LogP contribution in [0.3, 0.4) is 0 Å². The number of hydrogen-bond acceptors (Lipinski definition) is 6. The number of hydrogen-bond donors (Lipinski definition) is 1. The summed E-state index contributed by atoms with van der Waals surface area (Å²) in [6.07, 6.45) is 3.81. The van der Waals surface area contributed by atoms with E-state index in [2.05, 4.69) is 21.8 Å². The molecule has 8 nitrogen and oxygen atoms in total. The second-order valence-electron chi connectivity index (χ2n) is 7.69. The third-order valence-corrected chi connectivity index (χ3v) is 6.14. The van der Waals surface area contributed by atoms with Crippen LogP contribution in [0.15, 0.2) is 35.5 Å². The van der Waals surface area contributed by atoms with Crippen molar-refractivity contribution in [3.63, 3.8) is 0 Å². The van der Waals surface area contributed by atoms with Crippen LogP contribution in [0.5, 0.6) is 5.88 Å². The first-order valence-electron chi connectivity index (χ1n) is 10.2. The molecule has 4 rings (SSSR count). The molecule has 1 saturated heterocycles. The molecule has 1 atom stereocenters. The molecule has 1 fully saturated rings. The van der Waals surface area contributed by atoms with Crippen LogP contribution in [0, 0.1) is 0 Å². The summed E-state index contributed by atoms with van der Waals surface area (Å²) in [5, 5.41) is 0.350. The van der Waals surface area contributed by atoms with Crippen molar-refractivity contribution >= 4 is 34.9 Å². The SMILES string of the molecule is COc1nccc(Cl)c1C(N)=Nc1ccc2c(c1)C(=O)N(CCN1CCC[C@H]1C)C2=O. The number of fused-ring (bicyclic) bond motifs is 1. The number of aromatic nitrogens is 1. The number of nitrogens with zero attached hydrogens (tertiary/aromatic N) is 4. The highest BCUT2D eigenvalue weighted by Crippen LogP contribution is 2.29. The number of likely N-dealkylation sites (tertiary alicyclic amines) is 1. The number of benzene rings is 1. The van der Waals surface area contributed by atoms with Crippen molar-refractivity contribution in [3.05, 3.63) is 52.2 Å². The van der Waals surface area contributed by atoms with Crippen molar-refractivity contribution in [1.82, 2.24) is 14.8 Å². The molecule has 31 heavy (non-hydrogen) atoms. The monoisotopic (exact) mass is 441 g/mol. The Morgan fingerprint density at radius 3 is 2.74 bits per heavy atom. The minimum atomic E-state index is -0.306. The summed E-state index contributed by atoms with van der Waals surface area (Å²) in [6, 6.07) is 6.92. The predicted octanol–water partition coefficient (Wildman–Crippen LogP) is 2.86. The number of rotatable bonds is 6. The molecule has 1 aromatic heterocycles. The van der Waals surface area contributed by atoms with Gasteiger partial charge < -0.3 is 10.5 Å². The van der Waals surface area contributed by atoms with Gasteiger partial charge in [-0.2, -0.15) is 0 Å². The maximum atomic E-state index is 12.9. The van der Waals surface area contributed by atoms with Crippen molar-refractivity contribution in [3.8, 4) is 5.88 Å². The van der Waals surface area contributed by atoms with Crippen molar-refractivity contribution in [2.24, 2.45) is 10.7 Å². The van der Waals surface area contributed by atoms with Gasteiger partial charge in [-0.15, -0.1) is 0 Å². The molecule has 2 amide bonds. The van der Waals surface area contributed by atoms with Crippen LogP contribution in [-0.2, 0) is 0 Å². The molecular formula is C22H24ClN5O3. The molecule has 2 aromatic rings. The van der Waals surface area contributed by atoms with E-state index >= 15 is 0 Å². The number of imide groups is 1. The number of carbonyl (C=O) groups excluding carboxylic acids is 2. The molecule has 0 radical (unpaired) electrons. The number of ether oxygens (including phenoxy) is 1. The first-order chi connectivity index (χ1) is 14.9. The van der Waals surface area contributed by atoms with Crippen molar-refractivity contribution < 1.29 is 14.3 Å². The second-order valence-corrected chi connectivity index (χ2v) is 8.10. The molecule has 0 unspecified atom stereocenters. The predicted molar refractivity (Wildman–Crippen MR) is 118 cm³/mol. The zero-order valence-electron chi connectivity index (χ0n) is 17.5. The van der Waals surface area contributed by atoms with Gasteiger partial charge in [0, 0.05) is 25.3 Å². The summed E-state index contributed by atoms with van der Waals surface area (Å²) in [4.78, 5) is 37.8. The molecule has 0 saturated carbocycles. The highest BCUT2D eigenvalue weighted by atomic mass is 35.5. The topological polar surface area (TPSA) is 101 Å². The van der Waals surface area contributed by atoms with E-state index in [1.54, 1.807) is 24.3 Å². The van der Waals surface area contributed by atoms with Gasteiger partial charge in [0.2, 0.25) is 5.88 Å². The fourth-order valence-electron chi connectivity index (χ4n) is 4.11. The maximum absolute atomic E-state index is 12.9. The van der Waals surface area contributed by atoms with Crippen LogP contribution in [0.1, 0.15) is 46.0 Å². The van der Waals surface area contributed by atoms with Gasteiger partial charge in [0.25, 0.3) is 11.8 Å². The number of amidine groups is 1. The first-order valence-corrected chi connectivity index (χ1v) is 10.6. The van der Waals surface area contributed by atoms with Crippen LogP contribution < -0.4 is 10.5 Å². The normalized spacial score (nSPS) is 19.3. The molecule has 3 heterocycles. The number of pyridine rings is 1. The van der Waals surface area contributed by atoms with Gasteiger partial charge in [-0.1, -0.05) is 11.6 Å². The summed E-state index contributed by atoms with van der Waals surface area (Å²) in [7, 11) is 1.46. The van der Waals surface area contributed by atoms with Crippen molar-refractivity contribution in [1.29, 1.82) is 0 Å². The van der Waals surface area contributed by atoms with Crippen molar-refractivity contribution in [2.45, 2.75) is 25.8 Å². The van der Waals surface area contributed by atoms with E-state index < -0.39 is 0 Å². The Kier molecular flexibility index (Phi) is 5.93. The van der Waals surface area contributed by atoms with Crippen molar-refractivity contribution in [2.75, 3.05) is 26.7 Å². The van der Waals surface area contributed by atoms with E-state index in [-0.39, 0.29) is 23.5 Å². The maximum Gasteiger partial charge on any atom is 0.261 e. The number of amides is 2. The Balaban J connectivity index is 1.57. The Hall–Kier alpha value is -2.97. The van der Waals surface area contributed by atoms with Crippen LogP contribution in [-0.4, -0.2) is 65.2 Å². The van der Waals surface area contributed by atoms with E-state index in [0.717, 1.165) is 19.4 Å². The summed E-state index contributed by atoms with van der Waals surface area (Å²) in [5.74, 6) is -0.221. The minimum Gasteiger partial charge on any atom is -0.480 e. The molecule has 162 valence electrons. The lowest BCUT2D eigenvalue weighted by atomic mass is 10.1. The van der Waals surface area contributed by atoms with Gasteiger partial charge >= 0.3 is 0 Å². The summed E-state index contributed by atoms with van der Waals surface area (Å²) in [6.45, 7) is 4.24. The highest BCUT2D eigenvalue weighted by molar-refractivity contribution is 6.34. The van der Waals surface area contributed by atoms with Crippen LogP contribution >= 0.6 is 11.6 Å². The average molecular weight is 442 g/mol. The van der Waals surface area contributed by atoms with Crippen LogP contribution in [0.4, 0.5) is 5.69 Å². The highest BCUT2D eigenvalue weighted by Gasteiger charge is 2.36. The van der Waals surface area contributed by atoms with E-state index in [9.17, 15) is 9.59 Å². The first kappa shape index (κ1) is 21.3. The Labute approximate surface area is 185 Å². The van der Waals surface area contributed by atoms with Gasteiger partial charge in [0.15, 0.2) is 0 Å². The molecule has 0 bridgehead atoms. The zero-order valence-corrected chi connectivity index (χ0v) is 18.2. The number of nitrogens with two attached hydrogens (primary N) is 1. The lowest BCUT2D eigenvalue weighted by molar-refractivity contribution is 0.0634. The Bertz CT molecular complexity index is 1070. The largest absolute Gasteiger partial charge is 0.480 e. The van der Waals surface area contributed by atoms with E-state index in [4.69, 9.17) is 22.1 Å². The number of carbonyl (C=O) groups is 2. The summed E-state index contributed by atoms with van der Waals surface area (Å²) < 4.78 is 5.21. The summed E-state index contributed by atoms with van der Waals surface area (Å²) >= 11 is 6.23.